The minimum Gasteiger partial charge on any atom is -0.497 e. The second kappa shape index (κ2) is 7.90. The fraction of sp³-hybridized carbons (Fsp3) is 0.562. The summed E-state index contributed by atoms with van der Waals surface area (Å²) in [4.78, 5) is 12.8. The van der Waals surface area contributed by atoms with E-state index in [4.69, 9.17) is 9.84 Å². The third-order valence-electron chi connectivity index (χ3n) is 3.62. The van der Waals surface area contributed by atoms with E-state index in [0.717, 1.165) is 12.2 Å². The summed E-state index contributed by atoms with van der Waals surface area (Å²) >= 11 is 0. The quantitative estimate of drug-likeness (QED) is 0.795. The molecule has 0 saturated carbocycles. The summed E-state index contributed by atoms with van der Waals surface area (Å²) in [6, 6.07) is 8.40. The lowest BCUT2D eigenvalue weighted by molar-refractivity contribution is -0.137. The second-order valence-corrected chi connectivity index (χ2v) is 5.49. The predicted molar refractivity (Wildman–Crippen MR) is 80.2 cm³/mol. The van der Waals surface area contributed by atoms with E-state index >= 15 is 0 Å². The van der Waals surface area contributed by atoms with Gasteiger partial charge in [0.15, 0.2) is 0 Å². The molecule has 0 spiro atoms. The lowest BCUT2D eigenvalue weighted by atomic mass is 9.95. The first-order chi connectivity index (χ1) is 9.43. The van der Waals surface area contributed by atoms with Gasteiger partial charge in [-0.1, -0.05) is 26.0 Å². The zero-order valence-corrected chi connectivity index (χ0v) is 12.8. The molecule has 0 aromatic heterocycles. The fourth-order valence-electron chi connectivity index (χ4n) is 2.34. The van der Waals surface area contributed by atoms with Crippen molar-refractivity contribution in [3.8, 4) is 5.75 Å². The van der Waals surface area contributed by atoms with Gasteiger partial charge in [0.2, 0.25) is 0 Å². The van der Waals surface area contributed by atoms with Crippen molar-refractivity contribution in [3.63, 3.8) is 0 Å². The minimum absolute atomic E-state index is 0.183. The Hall–Kier alpha value is -1.55. The Morgan fingerprint density at radius 2 is 1.90 bits per heavy atom. The molecule has 1 rings (SSSR count). The number of carboxylic acid groups (broad SMARTS) is 1. The molecule has 0 heterocycles. The van der Waals surface area contributed by atoms with Gasteiger partial charge in [-0.15, -0.1) is 0 Å². The highest BCUT2D eigenvalue weighted by molar-refractivity contribution is 5.66. The number of methoxy groups -OCH3 is 1. The van der Waals surface area contributed by atoms with Crippen LogP contribution in [0.4, 0.5) is 0 Å². The second-order valence-electron chi connectivity index (χ2n) is 5.49. The number of benzene rings is 1. The summed E-state index contributed by atoms with van der Waals surface area (Å²) in [5.41, 5.74) is 1.24. The van der Waals surface area contributed by atoms with E-state index in [1.54, 1.807) is 7.11 Å². The molecule has 0 aliphatic heterocycles. The summed E-state index contributed by atoms with van der Waals surface area (Å²) < 4.78 is 5.16. The van der Waals surface area contributed by atoms with Gasteiger partial charge in [0.05, 0.1) is 13.5 Å². The van der Waals surface area contributed by atoms with Crippen molar-refractivity contribution in [2.45, 2.75) is 32.7 Å². The van der Waals surface area contributed by atoms with Crippen molar-refractivity contribution in [3.05, 3.63) is 29.8 Å². The molecule has 0 bridgehead atoms. The highest BCUT2D eigenvalue weighted by Crippen LogP contribution is 2.18. The molecule has 1 N–H and O–H groups in total. The molecule has 112 valence electrons. The molecular weight excluding hydrogens is 254 g/mol. The summed E-state index contributed by atoms with van der Waals surface area (Å²) in [5, 5.41) is 8.79. The van der Waals surface area contributed by atoms with Crippen LogP contribution in [0.25, 0.3) is 0 Å². The number of hydrogen-bond donors (Lipinski definition) is 1. The molecule has 1 aromatic carbocycles. The summed E-state index contributed by atoms with van der Waals surface area (Å²) in [5.74, 6) is 0.578. The zero-order chi connectivity index (χ0) is 15.1. The molecule has 0 aliphatic rings. The van der Waals surface area contributed by atoms with Gasteiger partial charge >= 0.3 is 5.97 Å². The molecule has 1 atom stereocenters. The average Bonchev–Trinajstić information content (AvgIpc) is 2.42. The Balaban J connectivity index is 2.67. The Morgan fingerprint density at radius 3 is 2.35 bits per heavy atom. The number of rotatable bonds is 8. The van der Waals surface area contributed by atoms with Crippen LogP contribution in [0.2, 0.25) is 0 Å². The molecule has 1 aromatic rings. The van der Waals surface area contributed by atoms with Crippen molar-refractivity contribution in [2.24, 2.45) is 5.92 Å². The molecule has 0 radical (unpaired) electrons. The summed E-state index contributed by atoms with van der Waals surface area (Å²) in [7, 11) is 3.66. The largest absolute Gasteiger partial charge is 0.497 e. The number of carbonyl (C=O) groups is 1. The van der Waals surface area contributed by atoms with E-state index < -0.39 is 5.97 Å². The maximum Gasteiger partial charge on any atom is 0.304 e. The Bertz CT molecular complexity index is 414. The predicted octanol–water partition coefficient (Wildman–Crippen LogP) is 2.67. The molecule has 0 saturated heterocycles. The number of nitrogens with zero attached hydrogens (tertiary/aromatic N) is 1. The first-order valence-corrected chi connectivity index (χ1v) is 6.99. The van der Waals surface area contributed by atoms with Crippen LogP contribution in [0.15, 0.2) is 24.3 Å². The van der Waals surface area contributed by atoms with E-state index in [2.05, 4.69) is 30.9 Å². The lowest BCUT2D eigenvalue weighted by Gasteiger charge is -2.31. The van der Waals surface area contributed by atoms with E-state index in [1.807, 2.05) is 19.2 Å². The van der Waals surface area contributed by atoms with Crippen LogP contribution in [0.3, 0.4) is 0 Å². The van der Waals surface area contributed by atoms with Crippen LogP contribution in [0, 0.1) is 5.92 Å². The Labute approximate surface area is 121 Å². The lowest BCUT2D eigenvalue weighted by Crippen LogP contribution is -2.38. The molecule has 0 fully saturated rings. The fourth-order valence-corrected chi connectivity index (χ4v) is 2.34. The number of ether oxygens (including phenoxy) is 1. The van der Waals surface area contributed by atoms with Crippen molar-refractivity contribution in [2.75, 3.05) is 20.7 Å². The molecule has 1 unspecified atom stereocenters. The van der Waals surface area contributed by atoms with E-state index in [1.165, 1.54) is 5.56 Å². The zero-order valence-electron chi connectivity index (χ0n) is 12.8. The number of likely N-dealkylation sites (N-methyl/N-ethyl adjacent to an activating group) is 1. The van der Waals surface area contributed by atoms with Crippen LogP contribution in [0.5, 0.6) is 5.75 Å². The number of hydrogen-bond acceptors (Lipinski definition) is 3. The maximum atomic E-state index is 10.7. The molecule has 0 aliphatic carbocycles. The molecule has 20 heavy (non-hydrogen) atoms. The van der Waals surface area contributed by atoms with Crippen LogP contribution in [-0.4, -0.2) is 42.7 Å². The Morgan fingerprint density at radius 1 is 1.30 bits per heavy atom. The van der Waals surface area contributed by atoms with Crippen LogP contribution in [0.1, 0.15) is 25.8 Å². The van der Waals surface area contributed by atoms with Gasteiger partial charge in [-0.05, 0) is 37.1 Å². The van der Waals surface area contributed by atoms with Crippen LogP contribution in [-0.2, 0) is 11.2 Å². The van der Waals surface area contributed by atoms with Crippen molar-refractivity contribution < 1.29 is 14.6 Å². The van der Waals surface area contributed by atoms with Gasteiger partial charge in [-0.25, -0.2) is 0 Å². The molecular formula is C16H25NO3. The van der Waals surface area contributed by atoms with Gasteiger partial charge in [-0.3, -0.25) is 4.79 Å². The number of aliphatic carboxylic acids is 1. The van der Waals surface area contributed by atoms with E-state index in [-0.39, 0.29) is 6.42 Å². The van der Waals surface area contributed by atoms with Crippen molar-refractivity contribution in [1.82, 2.24) is 4.90 Å². The highest BCUT2D eigenvalue weighted by atomic mass is 16.5. The highest BCUT2D eigenvalue weighted by Gasteiger charge is 2.19. The topological polar surface area (TPSA) is 49.8 Å². The average molecular weight is 279 g/mol. The molecule has 4 nitrogen and oxygen atoms in total. The van der Waals surface area contributed by atoms with Crippen molar-refractivity contribution in [1.29, 1.82) is 0 Å². The minimum atomic E-state index is -0.746. The standard InChI is InChI=1S/C16H25NO3/c1-12(2)15(17(3)10-9-16(18)19)11-13-5-7-14(20-4)8-6-13/h5-8,12,15H,9-11H2,1-4H3,(H,18,19). The number of carboxylic acids is 1. The van der Waals surface area contributed by atoms with Gasteiger partial charge in [0.1, 0.15) is 5.75 Å². The van der Waals surface area contributed by atoms with Crippen molar-refractivity contribution >= 4 is 5.97 Å². The van der Waals surface area contributed by atoms with Gasteiger partial charge in [0, 0.05) is 12.6 Å². The molecule has 0 amide bonds. The van der Waals surface area contributed by atoms with Gasteiger partial charge < -0.3 is 14.7 Å². The Kier molecular flexibility index (Phi) is 6.52. The van der Waals surface area contributed by atoms with Gasteiger partial charge in [0.25, 0.3) is 0 Å². The maximum absolute atomic E-state index is 10.7. The monoisotopic (exact) mass is 279 g/mol. The van der Waals surface area contributed by atoms with E-state index in [9.17, 15) is 4.79 Å². The first-order valence-electron chi connectivity index (χ1n) is 6.99. The van der Waals surface area contributed by atoms with E-state index in [0.29, 0.717) is 18.5 Å². The van der Waals surface area contributed by atoms with Gasteiger partial charge in [-0.2, -0.15) is 0 Å². The summed E-state index contributed by atoms with van der Waals surface area (Å²) in [6.07, 6.45) is 1.10. The van der Waals surface area contributed by atoms with Crippen LogP contribution >= 0.6 is 0 Å². The third kappa shape index (κ3) is 5.21. The SMILES string of the molecule is COc1ccc(CC(C(C)C)N(C)CCC(=O)O)cc1. The summed E-state index contributed by atoms with van der Waals surface area (Å²) in [6.45, 7) is 4.92. The normalized spacial score (nSPS) is 12.7. The molecule has 4 heteroatoms. The third-order valence-corrected chi connectivity index (χ3v) is 3.62. The smallest absolute Gasteiger partial charge is 0.304 e. The van der Waals surface area contributed by atoms with Crippen LogP contribution < -0.4 is 4.74 Å². The first kappa shape index (κ1) is 16.5.